The average molecular weight is 296 g/mol. The van der Waals surface area contributed by atoms with E-state index in [0.717, 1.165) is 39.4 Å². The maximum Gasteiger partial charge on any atom is 0.231 e. The maximum atomic E-state index is 5.51. The predicted octanol–water partition coefficient (Wildman–Crippen LogP) is 3.60. The van der Waals surface area contributed by atoms with Gasteiger partial charge < -0.3 is 9.47 Å². The van der Waals surface area contributed by atoms with E-state index in [9.17, 15) is 0 Å². The molecule has 5 heteroatoms. The zero-order valence-electron chi connectivity index (χ0n) is 11.2. The summed E-state index contributed by atoms with van der Waals surface area (Å²) >= 11 is 1.60. The molecule has 0 aromatic heterocycles. The van der Waals surface area contributed by atoms with Crippen LogP contribution in [0.4, 0.5) is 0 Å². The van der Waals surface area contributed by atoms with Gasteiger partial charge in [0.2, 0.25) is 6.79 Å². The summed E-state index contributed by atoms with van der Waals surface area (Å²) in [5, 5.41) is 0.785. The Kier molecular flexibility index (Phi) is 3.12. The number of para-hydroxylation sites is 1. The number of imidazole rings is 1. The second-order valence-corrected chi connectivity index (χ2v) is 5.57. The lowest BCUT2D eigenvalue weighted by atomic mass is 10.2. The van der Waals surface area contributed by atoms with Gasteiger partial charge in [-0.2, -0.15) is 0 Å². The molecule has 0 unspecified atom stereocenters. The van der Waals surface area contributed by atoms with Crippen molar-refractivity contribution in [3.05, 3.63) is 54.1 Å². The van der Waals surface area contributed by atoms with Crippen LogP contribution in [0, 0.1) is 0 Å². The van der Waals surface area contributed by atoms with Gasteiger partial charge >= 0.3 is 0 Å². The minimum Gasteiger partial charge on any atom is -0.454 e. The van der Waals surface area contributed by atoms with Crippen molar-refractivity contribution in [3.63, 3.8) is 0 Å². The number of ether oxygens (including phenoxy) is 2. The van der Waals surface area contributed by atoms with E-state index in [1.54, 1.807) is 11.8 Å². The van der Waals surface area contributed by atoms with Gasteiger partial charge in [0.05, 0.1) is 11.4 Å². The number of benzene rings is 1. The summed E-state index contributed by atoms with van der Waals surface area (Å²) < 4.78 is 10.9. The van der Waals surface area contributed by atoms with Crippen molar-refractivity contribution >= 4 is 11.8 Å². The molecule has 3 aliphatic rings. The van der Waals surface area contributed by atoms with Crippen LogP contribution in [0.25, 0.3) is 11.4 Å². The summed E-state index contributed by atoms with van der Waals surface area (Å²) in [6.07, 6.45) is 0. The summed E-state index contributed by atoms with van der Waals surface area (Å²) in [5.74, 6) is 2.41. The third-order valence-electron chi connectivity index (χ3n) is 3.26. The Morgan fingerprint density at radius 3 is 2.52 bits per heavy atom. The first-order valence-corrected chi connectivity index (χ1v) is 7.62. The molecular weight excluding hydrogens is 284 g/mol. The van der Waals surface area contributed by atoms with Crippen LogP contribution >= 0.6 is 11.8 Å². The molecule has 4 nitrogen and oxygen atoms in total. The fourth-order valence-electron chi connectivity index (χ4n) is 2.26. The van der Waals surface area contributed by atoms with Crippen molar-refractivity contribution in [2.75, 3.05) is 6.79 Å². The molecule has 1 aromatic carbocycles. The largest absolute Gasteiger partial charge is 0.454 e. The highest BCUT2D eigenvalue weighted by Gasteiger charge is 2.18. The highest BCUT2D eigenvalue weighted by molar-refractivity contribution is 7.98. The van der Waals surface area contributed by atoms with Crippen LogP contribution in [-0.4, -0.2) is 16.8 Å². The minimum absolute atomic E-state index is 0.296. The fraction of sp³-hybridized carbons (Fsp3) is 0.125. The number of thioether (sulfide) groups is 1. The molecule has 1 aliphatic carbocycles. The maximum absolute atomic E-state index is 5.51. The molecule has 0 saturated carbocycles. The molecule has 4 rings (SSSR count). The van der Waals surface area contributed by atoms with Crippen molar-refractivity contribution in [1.29, 1.82) is 0 Å². The Bertz CT molecular complexity index is 732. The SMILES string of the molecule is c1ccc2nc(SCc3cccc4c3OCO4)nc-2cc1. The van der Waals surface area contributed by atoms with Crippen LogP contribution in [0.2, 0.25) is 0 Å². The molecule has 1 aromatic rings. The Morgan fingerprint density at radius 1 is 0.905 bits per heavy atom. The normalized spacial score (nSPS) is 12.8. The van der Waals surface area contributed by atoms with Gasteiger partial charge in [0.25, 0.3) is 0 Å². The van der Waals surface area contributed by atoms with E-state index in [2.05, 4.69) is 9.97 Å². The number of fused-ring (bicyclic) bond motifs is 2. The van der Waals surface area contributed by atoms with Crippen LogP contribution in [0.3, 0.4) is 0 Å². The molecule has 2 aliphatic heterocycles. The molecule has 0 atom stereocenters. The van der Waals surface area contributed by atoms with Gasteiger partial charge in [-0.1, -0.05) is 42.1 Å². The first-order chi connectivity index (χ1) is 10.4. The van der Waals surface area contributed by atoms with Crippen LogP contribution in [0.5, 0.6) is 11.5 Å². The Hall–Kier alpha value is -2.27. The lowest BCUT2D eigenvalue weighted by Gasteiger charge is -2.03. The van der Waals surface area contributed by atoms with E-state index in [1.807, 2.05) is 48.5 Å². The van der Waals surface area contributed by atoms with Gasteiger partial charge in [0, 0.05) is 11.3 Å². The van der Waals surface area contributed by atoms with E-state index >= 15 is 0 Å². The predicted molar refractivity (Wildman–Crippen MR) is 80.8 cm³/mol. The van der Waals surface area contributed by atoms with Crippen LogP contribution in [0.1, 0.15) is 5.56 Å². The van der Waals surface area contributed by atoms with Crippen LogP contribution in [0.15, 0.2) is 53.7 Å². The van der Waals surface area contributed by atoms with Crippen molar-refractivity contribution < 1.29 is 9.47 Å². The van der Waals surface area contributed by atoms with E-state index in [4.69, 9.17) is 9.47 Å². The Morgan fingerprint density at radius 2 is 1.71 bits per heavy atom. The van der Waals surface area contributed by atoms with Crippen molar-refractivity contribution in [2.24, 2.45) is 0 Å². The monoisotopic (exact) mass is 296 g/mol. The highest BCUT2D eigenvalue weighted by Crippen LogP contribution is 2.38. The van der Waals surface area contributed by atoms with E-state index in [0.29, 0.717) is 6.79 Å². The molecule has 0 fully saturated rings. The molecule has 104 valence electrons. The smallest absolute Gasteiger partial charge is 0.231 e. The quantitative estimate of drug-likeness (QED) is 0.691. The molecule has 0 bridgehead atoms. The van der Waals surface area contributed by atoms with Crippen molar-refractivity contribution in [1.82, 2.24) is 9.97 Å². The molecule has 21 heavy (non-hydrogen) atoms. The molecule has 0 saturated heterocycles. The Balaban J connectivity index is 1.57. The molecule has 2 heterocycles. The zero-order valence-corrected chi connectivity index (χ0v) is 12.0. The zero-order chi connectivity index (χ0) is 14.1. The number of hydrogen-bond acceptors (Lipinski definition) is 5. The number of rotatable bonds is 3. The second kappa shape index (κ2) is 5.26. The molecule has 0 N–H and O–H groups in total. The Labute approximate surface area is 126 Å². The fourth-order valence-corrected chi connectivity index (χ4v) is 3.10. The third kappa shape index (κ3) is 2.40. The lowest BCUT2D eigenvalue weighted by Crippen LogP contribution is -1.94. The summed E-state index contributed by atoms with van der Waals surface area (Å²) in [4.78, 5) is 9.08. The number of aromatic nitrogens is 2. The van der Waals surface area contributed by atoms with E-state index in [-0.39, 0.29) is 0 Å². The van der Waals surface area contributed by atoms with Gasteiger partial charge in [-0.3, -0.25) is 0 Å². The van der Waals surface area contributed by atoms with Gasteiger partial charge in [-0.05, 0) is 18.2 Å². The standard InChI is InChI=1S/C16H12N2O2S/c1-2-6-12-13(7-3-1)18-16(17-12)21-9-11-5-4-8-14-15(11)20-10-19-14/h1-8H,9-10H2. The summed E-state index contributed by atoms with van der Waals surface area (Å²) in [6, 6.07) is 15.8. The third-order valence-corrected chi connectivity index (χ3v) is 4.16. The second-order valence-electron chi connectivity index (χ2n) is 4.63. The van der Waals surface area contributed by atoms with Gasteiger partial charge in [0.15, 0.2) is 16.7 Å². The summed E-state index contributed by atoms with van der Waals surface area (Å²) in [6.45, 7) is 0.296. The molecular formula is C16H12N2O2S. The summed E-state index contributed by atoms with van der Waals surface area (Å²) in [5.41, 5.74) is 2.94. The van der Waals surface area contributed by atoms with Gasteiger partial charge in [-0.15, -0.1) is 0 Å². The van der Waals surface area contributed by atoms with Gasteiger partial charge in [-0.25, -0.2) is 9.97 Å². The molecule has 0 spiro atoms. The van der Waals surface area contributed by atoms with E-state index < -0.39 is 0 Å². The number of hydrogen-bond donors (Lipinski definition) is 0. The van der Waals surface area contributed by atoms with Crippen molar-refractivity contribution in [3.8, 4) is 22.9 Å². The molecule has 0 radical (unpaired) electrons. The molecule has 0 amide bonds. The minimum atomic E-state index is 0.296. The summed E-state index contributed by atoms with van der Waals surface area (Å²) in [7, 11) is 0. The average Bonchev–Trinajstić information content (AvgIpc) is 3.07. The van der Waals surface area contributed by atoms with E-state index in [1.165, 1.54) is 0 Å². The first-order valence-electron chi connectivity index (χ1n) is 6.63. The number of nitrogens with zero attached hydrogens (tertiary/aromatic N) is 2. The van der Waals surface area contributed by atoms with Gasteiger partial charge in [0.1, 0.15) is 0 Å². The topological polar surface area (TPSA) is 44.2 Å². The lowest BCUT2D eigenvalue weighted by molar-refractivity contribution is 0.173. The van der Waals surface area contributed by atoms with Crippen molar-refractivity contribution in [2.45, 2.75) is 10.9 Å². The van der Waals surface area contributed by atoms with Crippen LogP contribution < -0.4 is 9.47 Å². The first kappa shape index (κ1) is 12.5. The van der Waals surface area contributed by atoms with Crippen LogP contribution in [-0.2, 0) is 5.75 Å². The highest BCUT2D eigenvalue weighted by atomic mass is 32.2.